The average Bonchev–Trinajstić information content (AvgIpc) is 2.76. The number of benzene rings is 3. The first kappa shape index (κ1) is 22.5. The Labute approximate surface area is 190 Å². The lowest BCUT2D eigenvalue weighted by Gasteiger charge is -2.17. The highest BCUT2D eigenvalue weighted by Gasteiger charge is 2.18. The van der Waals surface area contributed by atoms with Gasteiger partial charge >= 0.3 is 0 Å². The number of amides is 2. The minimum absolute atomic E-state index is 0.295. The van der Waals surface area contributed by atoms with Gasteiger partial charge in [-0.3, -0.25) is 9.59 Å². The van der Waals surface area contributed by atoms with E-state index in [0.717, 1.165) is 0 Å². The summed E-state index contributed by atoms with van der Waals surface area (Å²) in [5, 5.41) is 6.25. The third-order valence-corrected chi connectivity index (χ3v) is 4.89. The fourth-order valence-corrected chi connectivity index (χ4v) is 3.06. The molecule has 2 amide bonds. The Morgan fingerprint density at radius 2 is 1.65 bits per heavy atom. The van der Waals surface area contributed by atoms with Gasteiger partial charge in [-0.25, -0.2) is 0 Å². The minimum atomic E-state index is -0.769. The summed E-state index contributed by atoms with van der Waals surface area (Å²) in [5.74, 6) is 0.162. The van der Waals surface area contributed by atoms with E-state index in [2.05, 4.69) is 10.6 Å². The Kier molecular flexibility index (Phi) is 7.39. The van der Waals surface area contributed by atoms with Crippen molar-refractivity contribution in [1.29, 1.82) is 0 Å². The maximum absolute atomic E-state index is 12.7. The zero-order valence-corrected chi connectivity index (χ0v) is 18.3. The second kappa shape index (κ2) is 10.2. The average molecular weight is 459 g/mol. The molecule has 0 saturated heterocycles. The largest absolute Gasteiger partial charge is 0.495 e. The molecule has 3 aromatic carbocycles. The van der Waals surface area contributed by atoms with Crippen LogP contribution in [0.3, 0.4) is 0 Å². The summed E-state index contributed by atoms with van der Waals surface area (Å²) >= 11 is 12.1. The van der Waals surface area contributed by atoms with Gasteiger partial charge < -0.3 is 20.1 Å². The smallest absolute Gasteiger partial charge is 0.265 e. The predicted molar refractivity (Wildman–Crippen MR) is 123 cm³/mol. The highest BCUT2D eigenvalue weighted by atomic mass is 35.5. The normalized spacial score (nSPS) is 11.4. The van der Waals surface area contributed by atoms with Crippen molar-refractivity contribution in [2.75, 3.05) is 17.7 Å². The van der Waals surface area contributed by atoms with Crippen LogP contribution in [0.15, 0.2) is 66.7 Å². The highest BCUT2D eigenvalue weighted by Crippen LogP contribution is 2.29. The number of anilines is 2. The molecular weight excluding hydrogens is 439 g/mol. The van der Waals surface area contributed by atoms with Crippen molar-refractivity contribution in [2.45, 2.75) is 13.0 Å². The third kappa shape index (κ3) is 5.90. The van der Waals surface area contributed by atoms with Gasteiger partial charge in [0.25, 0.3) is 11.8 Å². The first-order valence-electron chi connectivity index (χ1n) is 9.34. The van der Waals surface area contributed by atoms with Crippen LogP contribution in [0.1, 0.15) is 17.3 Å². The van der Waals surface area contributed by atoms with E-state index in [-0.39, 0.29) is 0 Å². The molecule has 1 atom stereocenters. The van der Waals surface area contributed by atoms with Crippen molar-refractivity contribution >= 4 is 46.4 Å². The van der Waals surface area contributed by atoms with Crippen molar-refractivity contribution in [3.63, 3.8) is 0 Å². The summed E-state index contributed by atoms with van der Waals surface area (Å²) in [5.41, 5.74) is 1.01. The summed E-state index contributed by atoms with van der Waals surface area (Å²) in [6.45, 7) is 1.63. The number of nitrogens with one attached hydrogen (secondary N) is 2. The lowest BCUT2D eigenvalue weighted by Crippen LogP contribution is -2.30. The number of rotatable bonds is 7. The molecule has 3 rings (SSSR count). The van der Waals surface area contributed by atoms with E-state index < -0.39 is 17.9 Å². The van der Waals surface area contributed by atoms with Crippen molar-refractivity contribution in [1.82, 2.24) is 0 Å². The summed E-state index contributed by atoms with van der Waals surface area (Å²) in [7, 11) is 1.47. The van der Waals surface area contributed by atoms with E-state index in [0.29, 0.717) is 38.5 Å². The fraction of sp³-hybridized carbons (Fsp3) is 0.130. The van der Waals surface area contributed by atoms with Crippen LogP contribution in [0, 0.1) is 0 Å². The molecule has 0 aromatic heterocycles. The van der Waals surface area contributed by atoms with Crippen molar-refractivity contribution in [2.24, 2.45) is 0 Å². The lowest BCUT2D eigenvalue weighted by molar-refractivity contribution is -0.122. The highest BCUT2D eigenvalue weighted by molar-refractivity contribution is 6.35. The first-order chi connectivity index (χ1) is 14.9. The number of hydrogen-bond donors (Lipinski definition) is 2. The Balaban J connectivity index is 1.76. The van der Waals surface area contributed by atoms with E-state index in [1.54, 1.807) is 49.4 Å². The molecule has 0 heterocycles. The van der Waals surface area contributed by atoms with Crippen LogP contribution in [0.2, 0.25) is 10.0 Å². The Morgan fingerprint density at radius 1 is 0.903 bits per heavy atom. The van der Waals surface area contributed by atoms with E-state index in [9.17, 15) is 9.59 Å². The number of methoxy groups -OCH3 is 1. The van der Waals surface area contributed by atoms with Crippen LogP contribution in [-0.4, -0.2) is 25.0 Å². The topological polar surface area (TPSA) is 76.7 Å². The van der Waals surface area contributed by atoms with Gasteiger partial charge in [-0.15, -0.1) is 0 Å². The molecule has 3 aromatic rings. The molecule has 0 saturated carbocycles. The molecule has 0 bridgehead atoms. The van der Waals surface area contributed by atoms with E-state index in [4.69, 9.17) is 32.7 Å². The number of carbonyl (C=O) groups excluding carboxylic acids is 2. The number of para-hydroxylation sites is 1. The van der Waals surface area contributed by atoms with Crippen LogP contribution in [-0.2, 0) is 4.79 Å². The van der Waals surface area contributed by atoms with Gasteiger partial charge in [0.15, 0.2) is 6.10 Å². The molecule has 6 nitrogen and oxygen atoms in total. The Morgan fingerprint density at radius 3 is 2.35 bits per heavy atom. The Bertz CT molecular complexity index is 1090. The van der Waals surface area contributed by atoms with E-state index in [1.807, 2.05) is 18.2 Å². The Hall–Kier alpha value is -3.22. The van der Waals surface area contributed by atoms with Gasteiger partial charge in [-0.05, 0) is 55.5 Å². The lowest BCUT2D eigenvalue weighted by atomic mass is 10.1. The number of ether oxygens (including phenoxy) is 2. The summed E-state index contributed by atoms with van der Waals surface area (Å²) in [4.78, 5) is 25.3. The fourth-order valence-electron chi connectivity index (χ4n) is 2.73. The molecular formula is C23H20Cl2N2O4. The standard InChI is InChI=1S/C23H20Cl2N2O4/c1-14(31-17-6-4-3-5-7-17)22(28)27-20-12-15(8-11-21(20)30-2)23(29)26-19-13-16(24)9-10-18(19)25/h3-14H,1-2H3,(H,26,29)(H,27,28)/t14-/m0/s1. The number of hydrogen-bond acceptors (Lipinski definition) is 4. The van der Waals surface area contributed by atoms with Crippen LogP contribution < -0.4 is 20.1 Å². The van der Waals surface area contributed by atoms with Crippen molar-refractivity contribution in [3.8, 4) is 11.5 Å². The zero-order chi connectivity index (χ0) is 22.4. The molecule has 0 aliphatic rings. The van der Waals surface area contributed by atoms with Gasteiger partial charge in [0.1, 0.15) is 11.5 Å². The number of halogens is 2. The molecule has 0 aliphatic heterocycles. The first-order valence-corrected chi connectivity index (χ1v) is 10.1. The summed E-state index contributed by atoms with van der Waals surface area (Å²) in [6, 6.07) is 18.5. The quantitative estimate of drug-likeness (QED) is 0.478. The van der Waals surface area contributed by atoms with Crippen LogP contribution in [0.5, 0.6) is 11.5 Å². The molecule has 0 radical (unpaired) electrons. The molecule has 0 aliphatic carbocycles. The second-order valence-corrected chi connectivity index (χ2v) is 7.40. The molecule has 0 unspecified atom stereocenters. The summed E-state index contributed by atoms with van der Waals surface area (Å²) < 4.78 is 10.9. The van der Waals surface area contributed by atoms with Gasteiger partial charge in [0.05, 0.1) is 23.5 Å². The maximum Gasteiger partial charge on any atom is 0.265 e. The second-order valence-electron chi connectivity index (χ2n) is 6.56. The third-order valence-electron chi connectivity index (χ3n) is 4.32. The summed E-state index contributed by atoms with van der Waals surface area (Å²) in [6.07, 6.45) is -0.769. The van der Waals surface area contributed by atoms with Gasteiger partial charge in [0.2, 0.25) is 0 Å². The van der Waals surface area contributed by atoms with Crippen LogP contribution >= 0.6 is 23.2 Å². The SMILES string of the molecule is COc1ccc(C(=O)Nc2cc(Cl)ccc2Cl)cc1NC(=O)[C@H](C)Oc1ccccc1. The minimum Gasteiger partial charge on any atom is -0.495 e. The molecule has 0 fully saturated rings. The van der Waals surface area contributed by atoms with Gasteiger partial charge in [0, 0.05) is 10.6 Å². The number of carbonyl (C=O) groups is 2. The molecule has 0 spiro atoms. The molecule has 160 valence electrons. The van der Waals surface area contributed by atoms with Gasteiger partial charge in [-0.2, -0.15) is 0 Å². The predicted octanol–water partition coefficient (Wildman–Crippen LogP) is 5.66. The van der Waals surface area contributed by atoms with Crippen molar-refractivity contribution < 1.29 is 19.1 Å². The van der Waals surface area contributed by atoms with Crippen LogP contribution in [0.25, 0.3) is 0 Å². The molecule has 31 heavy (non-hydrogen) atoms. The molecule has 2 N–H and O–H groups in total. The van der Waals surface area contributed by atoms with E-state index >= 15 is 0 Å². The van der Waals surface area contributed by atoms with Crippen LogP contribution in [0.4, 0.5) is 11.4 Å². The van der Waals surface area contributed by atoms with E-state index in [1.165, 1.54) is 13.2 Å². The van der Waals surface area contributed by atoms with Gasteiger partial charge in [-0.1, -0.05) is 41.4 Å². The maximum atomic E-state index is 12.7. The molecule has 8 heteroatoms. The van der Waals surface area contributed by atoms with Crippen molar-refractivity contribution in [3.05, 3.63) is 82.3 Å². The zero-order valence-electron chi connectivity index (χ0n) is 16.8. The monoisotopic (exact) mass is 458 g/mol.